The molecule has 0 aliphatic rings. The molecule has 84 valence electrons. The Kier molecular flexibility index (Phi) is 3.72. The second kappa shape index (κ2) is 4.49. The summed E-state index contributed by atoms with van der Waals surface area (Å²) in [4.78, 5) is 0. The van der Waals surface area contributed by atoms with Crippen LogP contribution in [0.25, 0.3) is 0 Å². The van der Waals surface area contributed by atoms with Crippen molar-refractivity contribution < 1.29 is 22.7 Å². The van der Waals surface area contributed by atoms with Crippen LogP contribution in [0.2, 0.25) is 0 Å². The van der Waals surface area contributed by atoms with Gasteiger partial charge in [-0.1, -0.05) is 12.1 Å². The summed E-state index contributed by atoms with van der Waals surface area (Å²) in [6, 6.07) is 3.73. The highest BCUT2D eigenvalue weighted by Gasteiger charge is 2.38. The standard InChI is InChI=1S/C9H7BrF4O/c10-8-5(2-1-3-6(8)11)4-7(15)9(12,13)14/h1-3,7,15H,4H2/t7-/m0/s1. The van der Waals surface area contributed by atoms with Gasteiger partial charge in [-0.2, -0.15) is 13.2 Å². The summed E-state index contributed by atoms with van der Waals surface area (Å²) in [5.74, 6) is -0.651. The van der Waals surface area contributed by atoms with Crippen molar-refractivity contribution in [2.45, 2.75) is 18.7 Å². The lowest BCUT2D eigenvalue weighted by Gasteiger charge is -2.15. The third-order valence-corrected chi connectivity index (χ3v) is 2.71. The fourth-order valence-corrected chi connectivity index (χ4v) is 1.46. The lowest BCUT2D eigenvalue weighted by Crippen LogP contribution is -2.30. The van der Waals surface area contributed by atoms with Crippen molar-refractivity contribution in [1.82, 2.24) is 0 Å². The molecule has 1 nitrogen and oxygen atoms in total. The van der Waals surface area contributed by atoms with Crippen LogP contribution in [-0.2, 0) is 6.42 Å². The zero-order chi connectivity index (χ0) is 11.6. The van der Waals surface area contributed by atoms with Gasteiger partial charge < -0.3 is 5.11 Å². The molecule has 1 N–H and O–H groups in total. The van der Waals surface area contributed by atoms with Crippen molar-refractivity contribution in [1.29, 1.82) is 0 Å². The van der Waals surface area contributed by atoms with Gasteiger partial charge in [0, 0.05) is 6.42 Å². The molecular formula is C9H7BrF4O. The van der Waals surface area contributed by atoms with Crippen LogP contribution in [0.15, 0.2) is 22.7 Å². The second-order valence-electron chi connectivity index (χ2n) is 2.97. The lowest BCUT2D eigenvalue weighted by atomic mass is 10.1. The van der Waals surface area contributed by atoms with Crippen LogP contribution in [0.4, 0.5) is 17.6 Å². The SMILES string of the molecule is O[C@@H](Cc1cccc(F)c1Br)C(F)(F)F. The molecule has 1 rings (SSSR count). The second-order valence-corrected chi connectivity index (χ2v) is 3.77. The first-order chi connectivity index (χ1) is 6.82. The Bertz CT molecular complexity index is 350. The largest absolute Gasteiger partial charge is 0.414 e. The molecule has 0 heterocycles. The summed E-state index contributed by atoms with van der Waals surface area (Å²) in [7, 11) is 0. The van der Waals surface area contributed by atoms with E-state index in [2.05, 4.69) is 15.9 Å². The Morgan fingerprint density at radius 3 is 2.47 bits per heavy atom. The number of hydrogen-bond acceptors (Lipinski definition) is 1. The van der Waals surface area contributed by atoms with Crippen molar-refractivity contribution >= 4 is 15.9 Å². The molecule has 0 aromatic heterocycles. The summed E-state index contributed by atoms with van der Waals surface area (Å²) >= 11 is 2.82. The van der Waals surface area contributed by atoms with E-state index < -0.39 is 24.5 Å². The van der Waals surface area contributed by atoms with Gasteiger partial charge >= 0.3 is 6.18 Å². The van der Waals surface area contributed by atoms with Gasteiger partial charge in [-0.3, -0.25) is 0 Å². The molecule has 0 aliphatic heterocycles. The van der Waals surface area contributed by atoms with Crippen LogP contribution < -0.4 is 0 Å². The predicted octanol–water partition coefficient (Wildman–Crippen LogP) is 3.05. The summed E-state index contributed by atoms with van der Waals surface area (Å²) in [6.45, 7) is 0. The van der Waals surface area contributed by atoms with E-state index in [1.54, 1.807) is 0 Å². The van der Waals surface area contributed by atoms with E-state index in [4.69, 9.17) is 5.11 Å². The number of aliphatic hydroxyl groups is 1. The molecule has 1 aromatic carbocycles. The Morgan fingerprint density at radius 2 is 1.93 bits per heavy atom. The van der Waals surface area contributed by atoms with Crippen LogP contribution in [0, 0.1) is 5.82 Å². The summed E-state index contributed by atoms with van der Waals surface area (Å²) in [5, 5.41) is 8.79. The number of benzene rings is 1. The predicted molar refractivity (Wildman–Crippen MR) is 49.9 cm³/mol. The number of halogens is 5. The summed E-state index contributed by atoms with van der Waals surface area (Å²) in [6.07, 6.45) is -7.83. The molecule has 1 atom stereocenters. The van der Waals surface area contributed by atoms with Gasteiger partial charge in [0.1, 0.15) is 5.82 Å². The van der Waals surface area contributed by atoms with E-state index in [9.17, 15) is 17.6 Å². The average Bonchev–Trinajstić information content (AvgIpc) is 2.11. The van der Waals surface area contributed by atoms with Gasteiger partial charge in [-0.25, -0.2) is 4.39 Å². The molecule has 1 aromatic rings. The molecule has 0 radical (unpaired) electrons. The van der Waals surface area contributed by atoms with Crippen LogP contribution >= 0.6 is 15.9 Å². The van der Waals surface area contributed by atoms with Crippen molar-refractivity contribution in [3.63, 3.8) is 0 Å². The van der Waals surface area contributed by atoms with E-state index in [1.165, 1.54) is 12.1 Å². The molecule has 0 bridgehead atoms. The van der Waals surface area contributed by atoms with Crippen molar-refractivity contribution in [3.05, 3.63) is 34.1 Å². The molecule has 0 saturated carbocycles. The Balaban J connectivity index is 2.86. The maximum absolute atomic E-state index is 12.9. The minimum absolute atomic E-state index is 0.0479. The maximum Gasteiger partial charge on any atom is 0.414 e. The van der Waals surface area contributed by atoms with Gasteiger partial charge in [-0.05, 0) is 27.6 Å². The third-order valence-electron chi connectivity index (χ3n) is 1.82. The monoisotopic (exact) mass is 286 g/mol. The number of alkyl halides is 3. The van der Waals surface area contributed by atoms with Crippen LogP contribution in [0.1, 0.15) is 5.56 Å². The molecule has 0 aliphatic carbocycles. The van der Waals surface area contributed by atoms with Gasteiger partial charge in [-0.15, -0.1) is 0 Å². The fraction of sp³-hybridized carbons (Fsp3) is 0.333. The first-order valence-electron chi connectivity index (χ1n) is 4.00. The average molecular weight is 287 g/mol. The molecule has 6 heteroatoms. The van der Waals surface area contributed by atoms with E-state index >= 15 is 0 Å². The molecule has 0 saturated heterocycles. The molecule has 0 unspecified atom stereocenters. The highest BCUT2D eigenvalue weighted by molar-refractivity contribution is 9.10. The van der Waals surface area contributed by atoms with Gasteiger partial charge in [0.25, 0.3) is 0 Å². The third kappa shape index (κ3) is 3.17. The van der Waals surface area contributed by atoms with Crippen molar-refractivity contribution in [2.75, 3.05) is 0 Å². The Hall–Kier alpha value is -0.620. The highest BCUT2D eigenvalue weighted by atomic mass is 79.9. The zero-order valence-corrected chi connectivity index (χ0v) is 8.94. The number of hydrogen-bond donors (Lipinski definition) is 1. The van der Waals surface area contributed by atoms with Gasteiger partial charge in [0.2, 0.25) is 0 Å². The molecule has 0 amide bonds. The van der Waals surface area contributed by atoms with E-state index in [1.807, 2.05) is 0 Å². The molecule has 0 spiro atoms. The molecule has 0 fully saturated rings. The van der Waals surface area contributed by atoms with E-state index in [0.717, 1.165) is 6.07 Å². The summed E-state index contributed by atoms with van der Waals surface area (Å²) in [5.41, 5.74) is 0.0832. The number of rotatable bonds is 2. The first kappa shape index (κ1) is 12.4. The van der Waals surface area contributed by atoms with Gasteiger partial charge in [0.15, 0.2) is 6.10 Å². The lowest BCUT2D eigenvalue weighted by molar-refractivity contribution is -0.203. The highest BCUT2D eigenvalue weighted by Crippen LogP contribution is 2.27. The number of aliphatic hydroxyl groups excluding tert-OH is 1. The minimum Gasteiger partial charge on any atom is -0.383 e. The molecular weight excluding hydrogens is 280 g/mol. The summed E-state index contributed by atoms with van der Waals surface area (Å²) < 4.78 is 48.9. The Labute approximate surface area is 91.9 Å². The van der Waals surface area contributed by atoms with Crippen LogP contribution in [0.5, 0.6) is 0 Å². The first-order valence-corrected chi connectivity index (χ1v) is 4.79. The van der Waals surface area contributed by atoms with Crippen LogP contribution in [-0.4, -0.2) is 17.4 Å². The smallest absolute Gasteiger partial charge is 0.383 e. The van der Waals surface area contributed by atoms with E-state index in [-0.39, 0.29) is 10.0 Å². The normalized spacial score (nSPS) is 14.0. The van der Waals surface area contributed by atoms with Gasteiger partial charge in [0.05, 0.1) is 4.47 Å². The fourth-order valence-electron chi connectivity index (χ4n) is 1.03. The van der Waals surface area contributed by atoms with Crippen LogP contribution in [0.3, 0.4) is 0 Å². The van der Waals surface area contributed by atoms with Crippen molar-refractivity contribution in [3.8, 4) is 0 Å². The Morgan fingerprint density at radius 1 is 1.33 bits per heavy atom. The maximum atomic E-state index is 12.9. The quantitative estimate of drug-likeness (QED) is 0.829. The zero-order valence-electron chi connectivity index (χ0n) is 7.35. The van der Waals surface area contributed by atoms with E-state index in [0.29, 0.717) is 0 Å². The molecule has 15 heavy (non-hydrogen) atoms. The topological polar surface area (TPSA) is 20.2 Å². The minimum atomic E-state index is -4.69. The van der Waals surface area contributed by atoms with Crippen molar-refractivity contribution in [2.24, 2.45) is 0 Å².